The van der Waals surface area contributed by atoms with E-state index in [1.807, 2.05) is 23.4 Å². The van der Waals surface area contributed by atoms with Crippen LogP contribution in [0.3, 0.4) is 0 Å². The van der Waals surface area contributed by atoms with Crippen LogP contribution in [0.25, 0.3) is 0 Å². The summed E-state index contributed by atoms with van der Waals surface area (Å²) >= 11 is 0. The summed E-state index contributed by atoms with van der Waals surface area (Å²) < 4.78 is 1.96. The van der Waals surface area contributed by atoms with Crippen molar-refractivity contribution in [3.63, 3.8) is 0 Å². The maximum Gasteiger partial charge on any atom is 0.257 e. The number of carbonyl (C=O) groups is 1. The molecule has 2 heterocycles. The molecule has 0 spiro atoms. The molecule has 1 fully saturated rings. The SMILES string of the molecule is Cc1ccc(Cn2nc(C)c(C(=O)N3CCN(Cc4ccccc4C)CC3)c2C)cc1. The standard InChI is InChI=1S/C26H32N4O/c1-19-9-11-23(12-10-19)17-30-22(4)25(21(3)27-30)26(31)29-15-13-28(14-16-29)18-24-8-6-5-7-20(24)2/h5-12H,13-18H2,1-4H3. The highest BCUT2D eigenvalue weighted by atomic mass is 16.2. The van der Waals surface area contributed by atoms with E-state index < -0.39 is 0 Å². The van der Waals surface area contributed by atoms with E-state index in [4.69, 9.17) is 0 Å². The average Bonchev–Trinajstić information content (AvgIpc) is 3.04. The van der Waals surface area contributed by atoms with Crippen molar-refractivity contribution in [2.24, 2.45) is 0 Å². The Morgan fingerprint density at radius 3 is 2.23 bits per heavy atom. The zero-order valence-corrected chi connectivity index (χ0v) is 19.1. The fourth-order valence-electron chi connectivity index (χ4n) is 4.32. The first-order valence-electron chi connectivity index (χ1n) is 11.1. The lowest BCUT2D eigenvalue weighted by molar-refractivity contribution is 0.0626. The van der Waals surface area contributed by atoms with Crippen LogP contribution in [0.1, 0.15) is 44.0 Å². The molecule has 0 radical (unpaired) electrons. The Balaban J connectivity index is 1.41. The van der Waals surface area contributed by atoms with Gasteiger partial charge < -0.3 is 4.90 Å². The van der Waals surface area contributed by atoms with Crippen LogP contribution in [0, 0.1) is 27.7 Å². The second-order valence-electron chi connectivity index (χ2n) is 8.68. The van der Waals surface area contributed by atoms with Crippen LogP contribution in [0.15, 0.2) is 48.5 Å². The number of carbonyl (C=O) groups excluding carboxylic acids is 1. The molecule has 0 saturated carbocycles. The summed E-state index contributed by atoms with van der Waals surface area (Å²) in [5.41, 5.74) is 7.66. The molecule has 2 aromatic carbocycles. The van der Waals surface area contributed by atoms with Gasteiger partial charge in [-0.1, -0.05) is 54.1 Å². The summed E-state index contributed by atoms with van der Waals surface area (Å²) in [5.74, 6) is 0.112. The Hall–Kier alpha value is -2.92. The van der Waals surface area contributed by atoms with E-state index in [1.165, 1.54) is 22.3 Å². The Morgan fingerprint density at radius 2 is 1.55 bits per heavy atom. The van der Waals surface area contributed by atoms with E-state index in [-0.39, 0.29) is 5.91 Å². The van der Waals surface area contributed by atoms with E-state index in [2.05, 4.69) is 72.4 Å². The summed E-state index contributed by atoms with van der Waals surface area (Å²) in [6.45, 7) is 13.1. The number of hydrogen-bond donors (Lipinski definition) is 0. The lowest BCUT2D eigenvalue weighted by Crippen LogP contribution is -2.48. The predicted molar refractivity (Wildman–Crippen MR) is 124 cm³/mol. The van der Waals surface area contributed by atoms with Crippen LogP contribution in [0.2, 0.25) is 0 Å². The minimum absolute atomic E-state index is 0.112. The van der Waals surface area contributed by atoms with Crippen molar-refractivity contribution in [3.05, 3.63) is 87.7 Å². The molecular weight excluding hydrogens is 384 g/mol. The van der Waals surface area contributed by atoms with Crippen LogP contribution in [0.4, 0.5) is 0 Å². The molecule has 0 N–H and O–H groups in total. The van der Waals surface area contributed by atoms with Crippen molar-refractivity contribution in [1.82, 2.24) is 19.6 Å². The number of amides is 1. The van der Waals surface area contributed by atoms with Gasteiger partial charge in [0.05, 0.1) is 17.8 Å². The second kappa shape index (κ2) is 9.06. The normalized spacial score (nSPS) is 14.8. The molecule has 31 heavy (non-hydrogen) atoms. The van der Waals surface area contributed by atoms with Crippen LogP contribution < -0.4 is 0 Å². The Morgan fingerprint density at radius 1 is 0.871 bits per heavy atom. The average molecular weight is 417 g/mol. The monoisotopic (exact) mass is 416 g/mol. The number of nitrogens with zero attached hydrogens (tertiary/aromatic N) is 4. The Bertz CT molecular complexity index is 1060. The summed E-state index contributed by atoms with van der Waals surface area (Å²) in [4.78, 5) is 17.7. The van der Waals surface area contributed by atoms with E-state index in [1.54, 1.807) is 0 Å². The summed E-state index contributed by atoms with van der Waals surface area (Å²) in [6.07, 6.45) is 0. The lowest BCUT2D eigenvalue weighted by Gasteiger charge is -2.35. The van der Waals surface area contributed by atoms with Crippen LogP contribution in [-0.4, -0.2) is 51.7 Å². The molecule has 4 rings (SSSR count). The maximum atomic E-state index is 13.3. The van der Waals surface area contributed by atoms with Gasteiger partial charge in [0.1, 0.15) is 0 Å². The topological polar surface area (TPSA) is 41.4 Å². The fraction of sp³-hybridized carbons (Fsp3) is 0.385. The van der Waals surface area contributed by atoms with E-state index in [9.17, 15) is 4.79 Å². The molecular formula is C26H32N4O. The minimum Gasteiger partial charge on any atom is -0.336 e. The predicted octanol–water partition coefficient (Wildman–Crippen LogP) is 4.12. The zero-order chi connectivity index (χ0) is 22.0. The van der Waals surface area contributed by atoms with Gasteiger partial charge in [-0.2, -0.15) is 5.10 Å². The molecule has 1 amide bonds. The first-order chi connectivity index (χ1) is 14.9. The number of hydrogen-bond acceptors (Lipinski definition) is 3. The van der Waals surface area contributed by atoms with E-state index in [0.717, 1.165) is 49.7 Å². The number of benzene rings is 2. The van der Waals surface area contributed by atoms with Crippen molar-refractivity contribution >= 4 is 5.91 Å². The van der Waals surface area contributed by atoms with Gasteiger partial charge in [0, 0.05) is 38.4 Å². The van der Waals surface area contributed by atoms with Crippen molar-refractivity contribution in [3.8, 4) is 0 Å². The van der Waals surface area contributed by atoms with E-state index >= 15 is 0 Å². The highest BCUT2D eigenvalue weighted by molar-refractivity contribution is 5.96. The van der Waals surface area contributed by atoms with Gasteiger partial charge >= 0.3 is 0 Å². The number of piperazine rings is 1. The lowest BCUT2D eigenvalue weighted by atomic mass is 10.1. The smallest absolute Gasteiger partial charge is 0.257 e. The Labute approximate surface area is 185 Å². The van der Waals surface area contributed by atoms with Gasteiger partial charge in [-0.05, 0) is 44.4 Å². The molecule has 0 unspecified atom stereocenters. The van der Waals surface area contributed by atoms with Gasteiger partial charge in [-0.25, -0.2) is 0 Å². The van der Waals surface area contributed by atoms with Crippen molar-refractivity contribution < 1.29 is 4.79 Å². The summed E-state index contributed by atoms with van der Waals surface area (Å²) in [6, 6.07) is 17.0. The fourth-order valence-corrected chi connectivity index (χ4v) is 4.32. The largest absolute Gasteiger partial charge is 0.336 e. The summed E-state index contributed by atoms with van der Waals surface area (Å²) in [5, 5.41) is 4.68. The molecule has 1 aliphatic heterocycles. The van der Waals surface area contributed by atoms with Gasteiger partial charge in [-0.3, -0.25) is 14.4 Å². The molecule has 0 bridgehead atoms. The van der Waals surface area contributed by atoms with Gasteiger partial charge in [0.15, 0.2) is 0 Å². The van der Waals surface area contributed by atoms with Crippen molar-refractivity contribution in [1.29, 1.82) is 0 Å². The van der Waals surface area contributed by atoms with Crippen LogP contribution >= 0.6 is 0 Å². The zero-order valence-electron chi connectivity index (χ0n) is 19.1. The number of rotatable bonds is 5. The maximum absolute atomic E-state index is 13.3. The first-order valence-corrected chi connectivity index (χ1v) is 11.1. The van der Waals surface area contributed by atoms with Crippen LogP contribution in [-0.2, 0) is 13.1 Å². The molecule has 1 aromatic heterocycles. The molecule has 5 nitrogen and oxygen atoms in total. The van der Waals surface area contributed by atoms with Gasteiger partial charge in [-0.15, -0.1) is 0 Å². The van der Waals surface area contributed by atoms with Gasteiger partial charge in [0.25, 0.3) is 5.91 Å². The molecule has 1 saturated heterocycles. The molecule has 3 aromatic rings. The second-order valence-corrected chi connectivity index (χ2v) is 8.68. The molecule has 5 heteroatoms. The minimum atomic E-state index is 0.112. The first kappa shape index (κ1) is 21.3. The highest BCUT2D eigenvalue weighted by Crippen LogP contribution is 2.19. The van der Waals surface area contributed by atoms with E-state index in [0.29, 0.717) is 6.54 Å². The molecule has 1 aliphatic rings. The van der Waals surface area contributed by atoms with Gasteiger partial charge in [0.2, 0.25) is 0 Å². The highest BCUT2D eigenvalue weighted by Gasteiger charge is 2.27. The third-order valence-corrected chi connectivity index (χ3v) is 6.36. The third-order valence-electron chi connectivity index (χ3n) is 6.36. The number of aromatic nitrogens is 2. The third kappa shape index (κ3) is 4.72. The van der Waals surface area contributed by atoms with Crippen molar-refractivity contribution in [2.45, 2.75) is 40.8 Å². The quantitative estimate of drug-likeness (QED) is 0.628. The molecule has 162 valence electrons. The Kier molecular flexibility index (Phi) is 6.23. The summed E-state index contributed by atoms with van der Waals surface area (Å²) in [7, 11) is 0. The van der Waals surface area contributed by atoms with Crippen LogP contribution in [0.5, 0.6) is 0 Å². The molecule has 0 atom stereocenters. The van der Waals surface area contributed by atoms with Crippen molar-refractivity contribution in [2.75, 3.05) is 26.2 Å². The number of aryl methyl sites for hydroxylation is 3. The molecule has 0 aliphatic carbocycles.